The molecule has 0 aromatic rings. The molecule has 0 aromatic heterocycles. The first kappa shape index (κ1) is 10.6. The van der Waals surface area contributed by atoms with Gasteiger partial charge in [-0.3, -0.25) is 4.18 Å². The number of rotatable bonds is 2. The summed E-state index contributed by atoms with van der Waals surface area (Å²) >= 11 is 2.04. The second kappa shape index (κ2) is 5.27. The van der Waals surface area contributed by atoms with Gasteiger partial charge in [-0.05, 0) is 12.8 Å². The molecule has 0 N–H and O–H groups in total. The van der Waals surface area contributed by atoms with Crippen LogP contribution in [-0.4, -0.2) is 18.8 Å². The SMILES string of the molecule is N#CC1(OSI)CCCOCC1. The summed E-state index contributed by atoms with van der Waals surface area (Å²) < 4.78 is 10.6. The second-order valence-corrected chi connectivity index (χ2v) is 4.09. The molecule has 1 saturated heterocycles. The van der Waals surface area contributed by atoms with Crippen molar-refractivity contribution in [3.8, 4) is 6.07 Å². The summed E-state index contributed by atoms with van der Waals surface area (Å²) in [6.07, 6.45) is 2.36. The van der Waals surface area contributed by atoms with Crippen molar-refractivity contribution in [2.75, 3.05) is 13.2 Å². The molecule has 5 heteroatoms. The van der Waals surface area contributed by atoms with Gasteiger partial charge in [0.15, 0.2) is 5.60 Å². The van der Waals surface area contributed by atoms with Gasteiger partial charge in [-0.25, -0.2) is 0 Å². The van der Waals surface area contributed by atoms with Crippen LogP contribution in [0.2, 0.25) is 0 Å². The van der Waals surface area contributed by atoms with Crippen molar-refractivity contribution < 1.29 is 8.92 Å². The van der Waals surface area contributed by atoms with E-state index in [1.165, 1.54) is 9.21 Å². The third-order valence-electron chi connectivity index (χ3n) is 1.91. The summed E-state index contributed by atoms with van der Waals surface area (Å²) in [4.78, 5) is 0. The molecule has 1 aliphatic rings. The zero-order valence-electron chi connectivity index (χ0n) is 6.59. The lowest BCUT2D eigenvalue weighted by molar-refractivity contribution is 0.110. The van der Waals surface area contributed by atoms with Gasteiger partial charge in [0.05, 0.1) is 21.9 Å². The molecule has 1 rings (SSSR count). The highest BCUT2D eigenvalue weighted by Crippen LogP contribution is 2.31. The lowest BCUT2D eigenvalue weighted by atomic mass is 9.97. The van der Waals surface area contributed by atoms with Crippen LogP contribution in [0.1, 0.15) is 19.3 Å². The molecule has 1 unspecified atom stereocenters. The van der Waals surface area contributed by atoms with Crippen molar-refractivity contribution in [1.29, 1.82) is 5.26 Å². The van der Waals surface area contributed by atoms with Crippen LogP contribution < -0.4 is 0 Å². The largest absolute Gasteiger partial charge is 0.381 e. The summed E-state index contributed by atoms with van der Waals surface area (Å²) in [5.74, 6) is 0. The Labute approximate surface area is 88.6 Å². The van der Waals surface area contributed by atoms with Gasteiger partial charge < -0.3 is 4.74 Å². The van der Waals surface area contributed by atoms with E-state index in [0.717, 1.165) is 19.4 Å². The molecule has 68 valence electrons. The van der Waals surface area contributed by atoms with Gasteiger partial charge in [0.1, 0.15) is 0 Å². The Bertz CT molecular complexity index is 175. The Kier molecular flexibility index (Phi) is 4.64. The highest BCUT2D eigenvalue weighted by Gasteiger charge is 2.32. The third-order valence-corrected chi connectivity index (χ3v) is 2.84. The molecule has 1 heterocycles. The van der Waals surface area contributed by atoms with Crippen LogP contribution in [0.15, 0.2) is 0 Å². The molecular weight excluding hydrogens is 289 g/mol. The molecule has 0 amide bonds. The van der Waals surface area contributed by atoms with Crippen molar-refractivity contribution in [3.63, 3.8) is 0 Å². The Balaban J connectivity index is 2.56. The quantitative estimate of drug-likeness (QED) is 0.580. The maximum absolute atomic E-state index is 8.95. The summed E-state index contributed by atoms with van der Waals surface area (Å²) in [6.45, 7) is 1.38. The summed E-state index contributed by atoms with van der Waals surface area (Å²) in [7, 11) is 1.23. The fraction of sp³-hybridized carbons (Fsp3) is 0.857. The van der Waals surface area contributed by atoms with Crippen molar-refractivity contribution in [2.45, 2.75) is 24.9 Å². The van der Waals surface area contributed by atoms with Crippen LogP contribution in [0.25, 0.3) is 0 Å². The standard InChI is InChI=1S/C7H10INO2S/c8-12-11-7(6-9)2-1-4-10-5-3-7/h1-5H2. The van der Waals surface area contributed by atoms with Gasteiger partial charge in [0.25, 0.3) is 0 Å². The molecule has 12 heavy (non-hydrogen) atoms. The lowest BCUT2D eigenvalue weighted by Gasteiger charge is -2.21. The van der Waals surface area contributed by atoms with Gasteiger partial charge in [0.2, 0.25) is 0 Å². The van der Waals surface area contributed by atoms with Crippen molar-refractivity contribution in [1.82, 2.24) is 0 Å². The van der Waals surface area contributed by atoms with Crippen molar-refractivity contribution in [3.05, 3.63) is 0 Å². The normalized spacial score (nSPS) is 30.7. The Morgan fingerprint density at radius 2 is 2.33 bits per heavy atom. The number of halogens is 1. The van der Waals surface area contributed by atoms with E-state index in [9.17, 15) is 0 Å². The lowest BCUT2D eigenvalue weighted by Crippen LogP contribution is -2.28. The molecule has 0 aliphatic carbocycles. The average molecular weight is 299 g/mol. The Morgan fingerprint density at radius 1 is 1.50 bits per heavy atom. The van der Waals surface area contributed by atoms with Gasteiger partial charge in [-0.2, -0.15) is 5.26 Å². The minimum atomic E-state index is -0.609. The van der Waals surface area contributed by atoms with Crippen molar-refractivity contribution >= 4 is 30.4 Å². The number of hydrogen-bond donors (Lipinski definition) is 0. The number of ether oxygens (including phenoxy) is 1. The summed E-state index contributed by atoms with van der Waals surface area (Å²) in [5, 5.41) is 8.95. The molecule has 0 bridgehead atoms. The van der Waals surface area contributed by atoms with Gasteiger partial charge >= 0.3 is 0 Å². The van der Waals surface area contributed by atoms with Crippen LogP contribution >= 0.6 is 30.4 Å². The minimum Gasteiger partial charge on any atom is -0.381 e. The van der Waals surface area contributed by atoms with Gasteiger partial charge in [-0.15, -0.1) is 0 Å². The van der Waals surface area contributed by atoms with E-state index >= 15 is 0 Å². The van der Waals surface area contributed by atoms with E-state index in [0.29, 0.717) is 13.0 Å². The first-order valence-electron chi connectivity index (χ1n) is 3.78. The fourth-order valence-electron chi connectivity index (χ4n) is 1.20. The van der Waals surface area contributed by atoms with E-state index < -0.39 is 5.60 Å². The predicted octanol–water partition coefficient (Wildman–Crippen LogP) is 2.46. The van der Waals surface area contributed by atoms with E-state index in [1.54, 1.807) is 0 Å². The van der Waals surface area contributed by atoms with E-state index in [4.69, 9.17) is 14.2 Å². The molecule has 0 radical (unpaired) electrons. The highest BCUT2D eigenvalue weighted by molar-refractivity contribution is 14.2. The molecule has 0 saturated carbocycles. The van der Waals surface area contributed by atoms with E-state index in [-0.39, 0.29) is 0 Å². The predicted molar refractivity (Wildman–Crippen MR) is 55.7 cm³/mol. The highest BCUT2D eigenvalue weighted by atomic mass is 127. The molecule has 1 aliphatic heterocycles. The second-order valence-electron chi connectivity index (χ2n) is 2.72. The van der Waals surface area contributed by atoms with Crippen LogP contribution in [0.4, 0.5) is 0 Å². The van der Waals surface area contributed by atoms with Gasteiger partial charge in [0, 0.05) is 34.2 Å². The monoisotopic (exact) mass is 299 g/mol. The fourth-order valence-corrected chi connectivity index (χ4v) is 2.55. The Hall–Kier alpha value is 0.490. The van der Waals surface area contributed by atoms with Crippen LogP contribution in [0.3, 0.4) is 0 Å². The first-order chi connectivity index (χ1) is 5.83. The van der Waals surface area contributed by atoms with Gasteiger partial charge in [-0.1, -0.05) is 0 Å². The smallest absolute Gasteiger partial charge is 0.171 e. The molecule has 1 fully saturated rings. The minimum absolute atomic E-state index is 0.609. The summed E-state index contributed by atoms with van der Waals surface area (Å²) in [5.41, 5.74) is -0.609. The van der Waals surface area contributed by atoms with Crippen LogP contribution in [0.5, 0.6) is 0 Å². The number of nitrogens with zero attached hydrogens (tertiary/aromatic N) is 1. The Morgan fingerprint density at radius 3 is 3.00 bits per heavy atom. The average Bonchev–Trinajstić information content (AvgIpc) is 2.32. The van der Waals surface area contributed by atoms with E-state index in [2.05, 4.69) is 6.07 Å². The molecule has 0 aromatic carbocycles. The number of nitriles is 1. The van der Waals surface area contributed by atoms with Crippen LogP contribution in [-0.2, 0) is 8.92 Å². The topological polar surface area (TPSA) is 42.2 Å². The third kappa shape index (κ3) is 2.76. The maximum atomic E-state index is 8.95. The summed E-state index contributed by atoms with van der Waals surface area (Å²) in [6, 6.07) is 2.23. The van der Waals surface area contributed by atoms with E-state index in [1.807, 2.05) is 21.2 Å². The van der Waals surface area contributed by atoms with Crippen molar-refractivity contribution in [2.24, 2.45) is 0 Å². The maximum Gasteiger partial charge on any atom is 0.171 e. The molecular formula is C7H10INO2S. The molecule has 1 atom stereocenters. The zero-order valence-corrected chi connectivity index (χ0v) is 9.56. The van der Waals surface area contributed by atoms with Crippen LogP contribution in [0, 0.1) is 11.3 Å². The molecule has 0 spiro atoms. The molecule has 3 nitrogen and oxygen atoms in total. The zero-order chi connectivity index (χ0) is 8.86. The number of hydrogen-bond acceptors (Lipinski definition) is 4. The first-order valence-corrected chi connectivity index (χ1v) is 7.07.